The van der Waals surface area contributed by atoms with Crippen molar-refractivity contribution < 1.29 is 22.8 Å². The van der Waals surface area contributed by atoms with Crippen molar-refractivity contribution in [2.75, 3.05) is 36.4 Å². The van der Waals surface area contributed by atoms with Crippen molar-refractivity contribution >= 4 is 23.2 Å². The van der Waals surface area contributed by atoms with Crippen LogP contribution in [-0.4, -0.2) is 47.5 Å². The van der Waals surface area contributed by atoms with Crippen LogP contribution in [0.1, 0.15) is 62.7 Å². The number of carbonyl (C=O) groups is 2. The lowest BCUT2D eigenvalue weighted by molar-refractivity contribution is -0.137. The number of amides is 2. The summed E-state index contributed by atoms with van der Waals surface area (Å²) >= 11 is 0. The monoisotopic (exact) mass is 654 g/mol. The summed E-state index contributed by atoms with van der Waals surface area (Å²) in [5.41, 5.74) is 2.68. The SMILES string of the molecule is O=C(Nc1cc(C(=O)N2CCC(Cc3ccccc3)CC2)ccc1N1C[C@H]2C[C@@H](C1)c1cccc(=O)n1C2)c1cccc(C(F)(F)F)c1. The molecule has 3 aromatic carbocycles. The summed E-state index contributed by atoms with van der Waals surface area (Å²) in [5, 5.41) is 2.86. The fraction of sp³-hybridized carbons (Fsp3) is 0.342. The van der Waals surface area contributed by atoms with Gasteiger partial charge in [0.1, 0.15) is 0 Å². The van der Waals surface area contributed by atoms with Crippen LogP contribution in [0.2, 0.25) is 0 Å². The Morgan fingerprint density at radius 3 is 2.35 bits per heavy atom. The second-order valence-corrected chi connectivity index (χ2v) is 13.3. The van der Waals surface area contributed by atoms with Gasteiger partial charge in [0.05, 0.1) is 16.9 Å². The van der Waals surface area contributed by atoms with E-state index < -0.39 is 17.6 Å². The molecule has 0 aliphatic carbocycles. The highest BCUT2D eigenvalue weighted by Gasteiger charge is 2.36. The second-order valence-electron chi connectivity index (χ2n) is 13.3. The largest absolute Gasteiger partial charge is 0.416 e. The maximum Gasteiger partial charge on any atom is 0.416 e. The predicted octanol–water partition coefficient (Wildman–Crippen LogP) is 6.84. The Morgan fingerprint density at radius 2 is 1.58 bits per heavy atom. The third-order valence-corrected chi connectivity index (χ3v) is 10.0. The van der Waals surface area contributed by atoms with E-state index in [2.05, 4.69) is 22.3 Å². The fourth-order valence-electron chi connectivity index (χ4n) is 7.64. The van der Waals surface area contributed by atoms with Gasteiger partial charge in [-0.15, -0.1) is 0 Å². The van der Waals surface area contributed by atoms with E-state index in [-0.39, 0.29) is 28.9 Å². The number of fused-ring (bicyclic) bond motifs is 4. The Morgan fingerprint density at radius 1 is 0.812 bits per heavy atom. The van der Waals surface area contributed by atoms with Crippen LogP contribution in [0.15, 0.2) is 95.8 Å². The van der Waals surface area contributed by atoms with Crippen molar-refractivity contribution in [1.29, 1.82) is 0 Å². The molecule has 1 N–H and O–H groups in total. The van der Waals surface area contributed by atoms with E-state index >= 15 is 0 Å². The lowest BCUT2D eigenvalue weighted by atomic mass is 9.83. The Bertz CT molecular complexity index is 1880. The number of piperidine rings is 2. The molecule has 10 heteroatoms. The maximum absolute atomic E-state index is 13.8. The normalized spacial score (nSPS) is 19.5. The third-order valence-electron chi connectivity index (χ3n) is 10.0. The Balaban J connectivity index is 1.15. The van der Waals surface area contributed by atoms with E-state index in [1.807, 2.05) is 39.8 Å². The van der Waals surface area contributed by atoms with Crippen molar-refractivity contribution in [1.82, 2.24) is 9.47 Å². The molecule has 2 amide bonds. The first-order valence-electron chi connectivity index (χ1n) is 16.5. The quantitative estimate of drug-likeness (QED) is 0.247. The minimum Gasteiger partial charge on any atom is -0.369 e. The van der Waals surface area contributed by atoms with Gasteiger partial charge in [-0.3, -0.25) is 14.4 Å². The molecule has 0 saturated carbocycles. The van der Waals surface area contributed by atoms with Gasteiger partial charge in [0.2, 0.25) is 0 Å². The number of hydrogen-bond donors (Lipinski definition) is 1. The van der Waals surface area contributed by atoms with Crippen LogP contribution < -0.4 is 15.8 Å². The molecule has 2 atom stereocenters. The minimum atomic E-state index is -4.59. The number of aromatic nitrogens is 1. The van der Waals surface area contributed by atoms with Gasteiger partial charge in [0.15, 0.2) is 0 Å². The third kappa shape index (κ3) is 6.61. The maximum atomic E-state index is 13.8. The molecule has 1 aromatic heterocycles. The van der Waals surface area contributed by atoms with Crippen LogP contribution in [0.5, 0.6) is 0 Å². The highest BCUT2D eigenvalue weighted by Crippen LogP contribution is 2.40. The molecule has 2 saturated heterocycles. The summed E-state index contributed by atoms with van der Waals surface area (Å²) in [6, 6.07) is 25.3. The average Bonchev–Trinajstić information content (AvgIpc) is 3.09. The van der Waals surface area contributed by atoms with Crippen molar-refractivity contribution in [3.05, 3.63) is 129 Å². The highest BCUT2D eigenvalue weighted by atomic mass is 19.4. The summed E-state index contributed by atoms with van der Waals surface area (Å²) in [6.07, 6.45) is -0.910. The molecule has 2 fully saturated rings. The molecule has 0 spiro atoms. The molecule has 0 unspecified atom stereocenters. The zero-order valence-corrected chi connectivity index (χ0v) is 26.5. The molecule has 7 rings (SSSR count). The van der Waals surface area contributed by atoms with Gasteiger partial charge < -0.3 is 19.7 Å². The van der Waals surface area contributed by atoms with E-state index in [1.54, 1.807) is 24.3 Å². The Hall–Kier alpha value is -4.86. The average molecular weight is 655 g/mol. The molecule has 4 aromatic rings. The molecule has 2 bridgehead atoms. The van der Waals surface area contributed by atoms with E-state index in [1.165, 1.54) is 17.7 Å². The zero-order valence-electron chi connectivity index (χ0n) is 26.5. The number of halogens is 3. The van der Waals surface area contributed by atoms with Crippen molar-refractivity contribution in [2.24, 2.45) is 11.8 Å². The van der Waals surface area contributed by atoms with Crippen molar-refractivity contribution in [2.45, 2.75) is 44.3 Å². The number of hydrogen-bond acceptors (Lipinski definition) is 4. The number of likely N-dealkylation sites (tertiary alicyclic amines) is 1. The van der Waals surface area contributed by atoms with E-state index in [9.17, 15) is 27.6 Å². The number of nitrogens with one attached hydrogen (secondary N) is 1. The van der Waals surface area contributed by atoms with Gasteiger partial charge in [0.25, 0.3) is 17.4 Å². The summed E-state index contributed by atoms with van der Waals surface area (Å²) in [6.45, 7) is 3.06. The molecule has 0 radical (unpaired) electrons. The first-order valence-corrected chi connectivity index (χ1v) is 16.5. The molecule has 48 heavy (non-hydrogen) atoms. The lowest BCUT2D eigenvalue weighted by Gasteiger charge is -2.44. The van der Waals surface area contributed by atoms with Gasteiger partial charge in [-0.2, -0.15) is 13.2 Å². The summed E-state index contributed by atoms with van der Waals surface area (Å²) in [5.74, 6) is -0.0553. The summed E-state index contributed by atoms with van der Waals surface area (Å²) < 4.78 is 42.2. The molecular weight excluding hydrogens is 617 g/mol. The minimum absolute atomic E-state index is 0.0170. The number of anilines is 2. The van der Waals surface area contributed by atoms with Crippen LogP contribution in [-0.2, 0) is 19.1 Å². The molecular formula is C38H37F3N4O3. The summed E-state index contributed by atoms with van der Waals surface area (Å²) in [4.78, 5) is 43.8. The first-order chi connectivity index (χ1) is 23.1. The van der Waals surface area contributed by atoms with E-state index in [0.717, 1.165) is 43.5 Å². The molecule has 3 aliphatic heterocycles. The second kappa shape index (κ2) is 13.0. The molecule has 3 aliphatic rings. The molecule has 7 nitrogen and oxygen atoms in total. The number of pyridine rings is 1. The zero-order chi connectivity index (χ0) is 33.4. The van der Waals surface area contributed by atoms with E-state index in [0.29, 0.717) is 55.6 Å². The van der Waals surface area contributed by atoms with Crippen molar-refractivity contribution in [3.8, 4) is 0 Å². The highest BCUT2D eigenvalue weighted by molar-refractivity contribution is 6.07. The van der Waals surface area contributed by atoms with Gasteiger partial charge in [-0.25, -0.2) is 0 Å². The van der Waals surface area contributed by atoms with Gasteiger partial charge in [-0.05, 0) is 85.5 Å². The van der Waals surface area contributed by atoms with Crippen LogP contribution in [0.4, 0.5) is 24.5 Å². The molecule has 4 heterocycles. The standard InChI is InChI=1S/C38H37F3N4O3/c39-38(40,41)31-9-4-8-28(20-31)36(47)42-32-21-29(37(48)43-16-14-26(15-17-43)18-25-6-2-1-3-7-25)12-13-34(32)44-22-27-19-30(24-44)33-10-5-11-35(46)45(33)23-27/h1-13,20-21,26-27,30H,14-19,22-24H2,(H,42,47)/t27-,30+/m1/s1. The number of nitrogens with zero attached hydrogens (tertiary/aromatic N) is 3. The van der Waals surface area contributed by atoms with Crippen LogP contribution >= 0.6 is 0 Å². The number of rotatable bonds is 6. The van der Waals surface area contributed by atoms with Gasteiger partial charge in [0, 0.05) is 61.5 Å². The number of alkyl halides is 3. The van der Waals surface area contributed by atoms with Gasteiger partial charge in [-0.1, -0.05) is 42.5 Å². The van der Waals surface area contributed by atoms with Crippen LogP contribution in [0.25, 0.3) is 0 Å². The topological polar surface area (TPSA) is 74.7 Å². The molecule has 248 valence electrons. The Labute approximate surface area is 277 Å². The van der Waals surface area contributed by atoms with Gasteiger partial charge >= 0.3 is 6.18 Å². The number of carbonyl (C=O) groups excluding carboxylic acids is 2. The fourth-order valence-corrected chi connectivity index (χ4v) is 7.64. The van der Waals surface area contributed by atoms with E-state index in [4.69, 9.17) is 0 Å². The van der Waals surface area contributed by atoms with Crippen LogP contribution in [0.3, 0.4) is 0 Å². The van der Waals surface area contributed by atoms with Crippen LogP contribution in [0, 0.1) is 11.8 Å². The smallest absolute Gasteiger partial charge is 0.369 e. The first kappa shape index (κ1) is 31.7. The lowest BCUT2D eigenvalue weighted by Crippen LogP contribution is -2.47. The summed E-state index contributed by atoms with van der Waals surface area (Å²) in [7, 11) is 0. The Kier molecular flexibility index (Phi) is 8.58. The van der Waals surface area contributed by atoms with Crippen molar-refractivity contribution in [3.63, 3.8) is 0 Å². The predicted molar refractivity (Wildman–Crippen MR) is 178 cm³/mol. The number of benzene rings is 3.